The molecule has 2 bridgehead atoms. The predicted molar refractivity (Wildman–Crippen MR) is 91.3 cm³/mol. The van der Waals surface area contributed by atoms with Crippen LogP contribution in [0, 0.1) is 0 Å². The molecule has 25 heavy (non-hydrogen) atoms. The topological polar surface area (TPSA) is 68.3 Å². The average molecular weight is 362 g/mol. The van der Waals surface area contributed by atoms with E-state index in [-0.39, 0.29) is 11.8 Å². The lowest BCUT2D eigenvalue weighted by Gasteiger charge is -2.38. The molecule has 2 amide bonds. The molecule has 0 radical (unpaired) electrons. The third-order valence-corrected chi connectivity index (χ3v) is 7.83. The Hall–Kier alpha value is -1.58. The number of fused-ring (bicyclic) bond motifs is 7. The molecule has 1 aromatic rings. The molecule has 5 rings (SSSR count). The summed E-state index contributed by atoms with van der Waals surface area (Å²) in [5, 5.41) is 0. The van der Waals surface area contributed by atoms with Crippen LogP contribution >= 0.6 is 0 Å². The van der Waals surface area contributed by atoms with Gasteiger partial charge in [-0.1, -0.05) is 12.1 Å². The van der Waals surface area contributed by atoms with E-state index < -0.39 is 8.80 Å². The molecule has 134 valence electrons. The molecule has 7 nitrogen and oxygen atoms in total. The third kappa shape index (κ3) is 3.27. The predicted octanol–water partition coefficient (Wildman–Crippen LogP) is 0.991. The second-order valence-electron chi connectivity index (χ2n) is 6.48. The van der Waals surface area contributed by atoms with Crippen LogP contribution in [0.15, 0.2) is 24.3 Å². The molecule has 0 spiro atoms. The highest BCUT2D eigenvalue weighted by molar-refractivity contribution is 6.60. The average Bonchev–Trinajstić information content (AvgIpc) is 2.80. The number of carbonyl (C=O) groups excluding carboxylic acids is 2. The van der Waals surface area contributed by atoms with Gasteiger partial charge in [0.15, 0.2) is 0 Å². The third-order valence-electron chi connectivity index (χ3n) is 4.93. The lowest BCUT2D eigenvalue weighted by atomic mass is 10.1. The molecule has 1 aromatic carbocycles. The maximum atomic E-state index is 12.4. The van der Waals surface area contributed by atoms with Crippen molar-refractivity contribution in [2.45, 2.75) is 12.5 Å². The van der Waals surface area contributed by atoms with E-state index in [1.807, 2.05) is 0 Å². The first-order valence-corrected chi connectivity index (χ1v) is 10.7. The highest BCUT2D eigenvalue weighted by Gasteiger charge is 2.44. The monoisotopic (exact) mass is 362 g/mol. The normalized spacial score (nSPS) is 29.3. The van der Waals surface area contributed by atoms with Crippen LogP contribution in [0.4, 0.5) is 0 Å². The van der Waals surface area contributed by atoms with Gasteiger partial charge in [0.25, 0.3) is 11.8 Å². The van der Waals surface area contributed by atoms with Gasteiger partial charge in [0, 0.05) is 32.2 Å². The van der Waals surface area contributed by atoms with Crippen LogP contribution in [0.2, 0.25) is 6.04 Å². The summed E-state index contributed by atoms with van der Waals surface area (Å²) in [7, 11) is -2.70. The van der Waals surface area contributed by atoms with Crippen molar-refractivity contribution in [2.75, 3.05) is 46.0 Å². The summed E-state index contributed by atoms with van der Waals surface area (Å²) >= 11 is 0. The Labute approximate surface area is 147 Å². The van der Waals surface area contributed by atoms with Gasteiger partial charge in [-0.3, -0.25) is 19.4 Å². The molecule has 3 fully saturated rings. The van der Waals surface area contributed by atoms with Gasteiger partial charge < -0.3 is 13.3 Å². The minimum absolute atomic E-state index is 0.214. The first-order valence-electron chi connectivity index (χ1n) is 8.78. The van der Waals surface area contributed by atoms with E-state index in [4.69, 9.17) is 13.3 Å². The minimum atomic E-state index is -2.70. The lowest BCUT2D eigenvalue weighted by Crippen LogP contribution is -2.55. The number of nitrogens with zero attached hydrogens (tertiary/aromatic N) is 2. The fourth-order valence-electron chi connectivity index (χ4n) is 3.56. The molecule has 4 aliphatic rings. The van der Waals surface area contributed by atoms with Gasteiger partial charge in [0.1, 0.15) is 0 Å². The van der Waals surface area contributed by atoms with Crippen molar-refractivity contribution in [3.8, 4) is 0 Å². The zero-order valence-electron chi connectivity index (χ0n) is 14.1. The minimum Gasteiger partial charge on any atom is -0.372 e. The van der Waals surface area contributed by atoms with Gasteiger partial charge in [-0.05, 0) is 18.6 Å². The Kier molecular flexibility index (Phi) is 4.70. The van der Waals surface area contributed by atoms with Gasteiger partial charge in [0.05, 0.1) is 30.9 Å². The van der Waals surface area contributed by atoms with Crippen molar-refractivity contribution in [2.24, 2.45) is 0 Å². The first kappa shape index (κ1) is 16.9. The highest BCUT2D eigenvalue weighted by atomic mass is 28.4. The summed E-state index contributed by atoms with van der Waals surface area (Å²) in [4.78, 5) is 28.4. The molecule has 0 saturated carbocycles. The molecule has 0 aromatic heterocycles. The van der Waals surface area contributed by atoms with Crippen LogP contribution in [0.5, 0.6) is 0 Å². The summed E-state index contributed by atoms with van der Waals surface area (Å²) in [5.41, 5.74) is 0.979. The van der Waals surface area contributed by atoms with Crippen LogP contribution in [-0.4, -0.2) is 76.4 Å². The fourth-order valence-corrected chi connectivity index (χ4v) is 6.04. The van der Waals surface area contributed by atoms with E-state index in [2.05, 4.69) is 4.90 Å². The molecular formula is C17H22N2O5Si. The van der Waals surface area contributed by atoms with Crippen molar-refractivity contribution in [1.82, 2.24) is 9.80 Å². The molecule has 4 heterocycles. The second kappa shape index (κ2) is 6.97. The van der Waals surface area contributed by atoms with Crippen molar-refractivity contribution in [3.05, 3.63) is 35.4 Å². The molecule has 0 N–H and O–H groups in total. The molecule has 0 unspecified atom stereocenters. The number of benzene rings is 1. The van der Waals surface area contributed by atoms with Crippen molar-refractivity contribution >= 4 is 20.6 Å². The summed E-state index contributed by atoms with van der Waals surface area (Å²) in [6.45, 7) is 4.90. The van der Waals surface area contributed by atoms with Crippen LogP contribution in [0.1, 0.15) is 27.1 Å². The largest absolute Gasteiger partial charge is 0.501 e. The Morgan fingerprint density at radius 1 is 0.880 bits per heavy atom. The van der Waals surface area contributed by atoms with Crippen LogP contribution < -0.4 is 0 Å². The lowest BCUT2D eigenvalue weighted by molar-refractivity contribution is -0.00884. The summed E-state index contributed by atoms with van der Waals surface area (Å²) in [6, 6.07) is 7.59. The molecule has 4 aliphatic heterocycles. The van der Waals surface area contributed by atoms with E-state index in [9.17, 15) is 9.59 Å². The number of imide groups is 1. The maximum absolute atomic E-state index is 12.4. The van der Waals surface area contributed by atoms with E-state index in [1.54, 1.807) is 24.3 Å². The number of amides is 2. The number of hydrogen-bond acceptors (Lipinski definition) is 6. The molecule has 8 heteroatoms. The summed E-state index contributed by atoms with van der Waals surface area (Å²) in [6.07, 6.45) is 0.626. The molecule has 0 atom stereocenters. The Morgan fingerprint density at radius 2 is 1.40 bits per heavy atom. The first-order chi connectivity index (χ1) is 12.2. The smallest absolute Gasteiger partial charge is 0.372 e. The van der Waals surface area contributed by atoms with Gasteiger partial charge in [-0.25, -0.2) is 0 Å². The standard InChI is InChI=1S/C17H22N2O5Si/c20-16-14-4-1-2-5-15(14)17(21)19(16)6-3-13-25-22-10-7-18(8-11-23-25)9-12-24-25/h1-2,4-5H,3,6-13H2. The van der Waals surface area contributed by atoms with Gasteiger partial charge in [0.2, 0.25) is 0 Å². The zero-order chi connectivity index (χ0) is 17.3. The molecular weight excluding hydrogens is 340 g/mol. The summed E-state index contributed by atoms with van der Waals surface area (Å²) in [5.74, 6) is -0.429. The number of rotatable bonds is 4. The quantitative estimate of drug-likeness (QED) is 0.588. The van der Waals surface area contributed by atoms with Crippen molar-refractivity contribution < 1.29 is 22.9 Å². The van der Waals surface area contributed by atoms with Crippen LogP contribution in [-0.2, 0) is 13.3 Å². The zero-order valence-corrected chi connectivity index (χ0v) is 15.1. The summed E-state index contributed by atoms with van der Waals surface area (Å²) < 4.78 is 18.0. The fraction of sp³-hybridized carbons (Fsp3) is 0.529. The molecule has 0 aliphatic carbocycles. The van der Waals surface area contributed by atoms with E-state index in [0.717, 1.165) is 19.6 Å². The maximum Gasteiger partial charge on any atom is 0.501 e. The Morgan fingerprint density at radius 3 is 1.92 bits per heavy atom. The van der Waals surface area contributed by atoms with Crippen LogP contribution in [0.25, 0.3) is 0 Å². The SMILES string of the molecule is O=C1c2ccccc2C(=O)N1CCC[Si]12OCCN(CCO1)CCO2. The Bertz CT molecular complexity index is 621. The Balaban J connectivity index is 1.39. The molecule has 3 saturated heterocycles. The van der Waals surface area contributed by atoms with Gasteiger partial charge in [-0.15, -0.1) is 0 Å². The van der Waals surface area contributed by atoms with E-state index >= 15 is 0 Å². The highest BCUT2D eigenvalue weighted by Crippen LogP contribution is 2.25. The van der Waals surface area contributed by atoms with Gasteiger partial charge in [-0.2, -0.15) is 0 Å². The van der Waals surface area contributed by atoms with Crippen molar-refractivity contribution in [1.29, 1.82) is 0 Å². The number of hydrogen-bond donors (Lipinski definition) is 0. The van der Waals surface area contributed by atoms with E-state index in [1.165, 1.54) is 4.90 Å². The van der Waals surface area contributed by atoms with Gasteiger partial charge >= 0.3 is 8.80 Å². The van der Waals surface area contributed by atoms with Crippen LogP contribution in [0.3, 0.4) is 0 Å². The van der Waals surface area contributed by atoms with Crippen molar-refractivity contribution in [3.63, 3.8) is 0 Å². The number of carbonyl (C=O) groups is 2. The second-order valence-corrected chi connectivity index (χ2v) is 9.21. The van der Waals surface area contributed by atoms with E-state index in [0.29, 0.717) is 50.0 Å².